The van der Waals surface area contributed by atoms with Crippen molar-refractivity contribution in [1.82, 2.24) is 0 Å². The molecule has 4 heteroatoms. The Kier molecular flexibility index (Phi) is 15.2. The van der Waals surface area contributed by atoms with Gasteiger partial charge in [0, 0.05) is 0 Å². The average molecular weight is 495 g/mol. The Hall–Kier alpha value is -2.75. The van der Waals surface area contributed by atoms with Gasteiger partial charge in [-0.05, 0) is 80.1 Å². The van der Waals surface area contributed by atoms with Crippen LogP contribution in [-0.4, -0.2) is 19.2 Å². The fourth-order valence-electron chi connectivity index (χ4n) is 3.91. The molecule has 0 unspecified atom stereocenters. The molecule has 198 valence electrons. The lowest BCUT2D eigenvalue weighted by Crippen LogP contribution is -2.08. The third kappa shape index (κ3) is 12.8. The molecule has 1 atom stereocenters. The van der Waals surface area contributed by atoms with Crippen molar-refractivity contribution in [2.24, 2.45) is 5.92 Å². The largest absolute Gasteiger partial charge is 0.494 e. The van der Waals surface area contributed by atoms with Crippen molar-refractivity contribution in [2.75, 3.05) is 13.2 Å². The molecule has 0 aliphatic rings. The molecule has 0 amide bonds. The van der Waals surface area contributed by atoms with Crippen LogP contribution in [0.2, 0.25) is 0 Å². The smallest absolute Gasteiger partial charge is 0.343 e. The SMILES string of the molecule is C=CCCCCCCCCOc1ccc(OC(=O)c2ccc(OCCCCC[C@@H](C)CC)cc2)cc1. The van der Waals surface area contributed by atoms with Gasteiger partial charge in [0.2, 0.25) is 0 Å². The maximum Gasteiger partial charge on any atom is 0.343 e. The summed E-state index contributed by atoms with van der Waals surface area (Å²) in [6, 6.07) is 14.4. The summed E-state index contributed by atoms with van der Waals surface area (Å²) in [5, 5.41) is 0. The molecule has 0 saturated carbocycles. The van der Waals surface area contributed by atoms with Crippen molar-refractivity contribution in [3.05, 3.63) is 66.7 Å². The topological polar surface area (TPSA) is 44.8 Å². The predicted molar refractivity (Wildman–Crippen MR) is 149 cm³/mol. The first-order chi connectivity index (χ1) is 17.6. The van der Waals surface area contributed by atoms with Gasteiger partial charge in [-0.25, -0.2) is 4.79 Å². The Morgan fingerprint density at radius 3 is 1.83 bits per heavy atom. The number of carbonyl (C=O) groups is 1. The first kappa shape index (κ1) is 29.5. The molecule has 0 aliphatic carbocycles. The van der Waals surface area contributed by atoms with Crippen molar-refractivity contribution in [2.45, 2.75) is 90.9 Å². The van der Waals surface area contributed by atoms with Gasteiger partial charge in [0.1, 0.15) is 17.2 Å². The highest BCUT2D eigenvalue weighted by Gasteiger charge is 2.09. The molecule has 0 saturated heterocycles. The lowest BCUT2D eigenvalue weighted by molar-refractivity contribution is 0.0734. The number of benzene rings is 2. The fourth-order valence-corrected chi connectivity index (χ4v) is 3.91. The molecular weight excluding hydrogens is 448 g/mol. The highest BCUT2D eigenvalue weighted by molar-refractivity contribution is 5.91. The molecule has 0 fully saturated rings. The maximum atomic E-state index is 12.5. The summed E-state index contributed by atoms with van der Waals surface area (Å²) >= 11 is 0. The van der Waals surface area contributed by atoms with Crippen LogP contribution in [0.3, 0.4) is 0 Å². The van der Waals surface area contributed by atoms with Crippen molar-refractivity contribution >= 4 is 5.97 Å². The Morgan fingerprint density at radius 1 is 0.750 bits per heavy atom. The Bertz CT molecular complexity index is 841. The van der Waals surface area contributed by atoms with Crippen LogP contribution >= 0.6 is 0 Å². The van der Waals surface area contributed by atoms with E-state index >= 15 is 0 Å². The van der Waals surface area contributed by atoms with Crippen molar-refractivity contribution in [3.63, 3.8) is 0 Å². The molecule has 2 rings (SSSR count). The molecule has 36 heavy (non-hydrogen) atoms. The van der Waals surface area contributed by atoms with Gasteiger partial charge in [-0.2, -0.15) is 0 Å². The Labute approximate surface area is 219 Å². The number of hydrogen-bond acceptors (Lipinski definition) is 4. The molecule has 0 heterocycles. The Balaban J connectivity index is 1.61. The zero-order chi connectivity index (χ0) is 25.8. The van der Waals surface area contributed by atoms with E-state index in [1.165, 1.54) is 57.8 Å². The van der Waals surface area contributed by atoms with Crippen LogP contribution < -0.4 is 14.2 Å². The average Bonchev–Trinajstić information content (AvgIpc) is 2.90. The van der Waals surface area contributed by atoms with E-state index in [0.29, 0.717) is 24.5 Å². The van der Waals surface area contributed by atoms with Crippen LogP contribution in [0, 0.1) is 5.92 Å². The van der Waals surface area contributed by atoms with Crippen LogP contribution in [0.5, 0.6) is 17.2 Å². The Morgan fingerprint density at radius 2 is 1.25 bits per heavy atom. The minimum atomic E-state index is -0.381. The first-order valence-corrected chi connectivity index (χ1v) is 13.9. The number of carbonyl (C=O) groups excluding carboxylic acids is 1. The number of allylic oxidation sites excluding steroid dienone is 1. The normalized spacial score (nSPS) is 11.6. The minimum Gasteiger partial charge on any atom is -0.494 e. The van der Waals surface area contributed by atoms with E-state index in [1.54, 1.807) is 24.3 Å². The molecule has 0 radical (unpaired) electrons. The molecule has 2 aromatic carbocycles. The van der Waals surface area contributed by atoms with Crippen molar-refractivity contribution < 1.29 is 19.0 Å². The zero-order valence-electron chi connectivity index (χ0n) is 22.5. The summed E-state index contributed by atoms with van der Waals surface area (Å²) in [7, 11) is 0. The van der Waals surface area contributed by atoms with E-state index in [4.69, 9.17) is 14.2 Å². The van der Waals surface area contributed by atoms with E-state index in [-0.39, 0.29) is 5.97 Å². The van der Waals surface area contributed by atoms with E-state index in [2.05, 4.69) is 20.4 Å². The molecule has 4 nitrogen and oxygen atoms in total. The summed E-state index contributed by atoms with van der Waals surface area (Å²) < 4.78 is 17.1. The van der Waals surface area contributed by atoms with Gasteiger partial charge >= 0.3 is 5.97 Å². The third-order valence-corrected chi connectivity index (χ3v) is 6.50. The van der Waals surface area contributed by atoms with E-state index in [9.17, 15) is 4.79 Å². The van der Waals surface area contributed by atoms with E-state index in [0.717, 1.165) is 36.7 Å². The van der Waals surface area contributed by atoms with Crippen LogP contribution in [-0.2, 0) is 0 Å². The van der Waals surface area contributed by atoms with Gasteiger partial charge in [0.25, 0.3) is 0 Å². The lowest BCUT2D eigenvalue weighted by Gasteiger charge is -2.10. The summed E-state index contributed by atoms with van der Waals surface area (Å²) in [6.45, 7) is 9.72. The third-order valence-electron chi connectivity index (χ3n) is 6.50. The molecule has 0 spiro atoms. The first-order valence-electron chi connectivity index (χ1n) is 13.9. The number of hydrogen-bond donors (Lipinski definition) is 0. The molecule has 0 aliphatic heterocycles. The molecule has 0 bridgehead atoms. The number of rotatable bonds is 20. The summed E-state index contributed by atoms with van der Waals surface area (Å²) in [5.74, 6) is 2.51. The summed E-state index contributed by atoms with van der Waals surface area (Å²) in [5.41, 5.74) is 0.501. The van der Waals surface area contributed by atoms with Crippen LogP contribution in [0.25, 0.3) is 0 Å². The monoisotopic (exact) mass is 494 g/mol. The number of unbranched alkanes of at least 4 members (excludes halogenated alkanes) is 8. The molecular formula is C32H46O4. The predicted octanol–water partition coefficient (Wildman–Crippen LogP) is 9.19. The second kappa shape index (κ2) is 18.5. The van der Waals surface area contributed by atoms with Crippen molar-refractivity contribution in [1.29, 1.82) is 0 Å². The van der Waals surface area contributed by atoms with E-state index < -0.39 is 0 Å². The standard InChI is InChI=1S/C32H46O4/c1-4-6-7-8-9-10-11-14-25-35-30-21-23-31(24-22-30)36-32(33)28-17-19-29(20-18-28)34-26-15-12-13-16-27(3)5-2/h4,17-24,27H,1,5-16,25-26H2,2-3H3/t27-/m0/s1. The highest BCUT2D eigenvalue weighted by Crippen LogP contribution is 2.20. The van der Waals surface area contributed by atoms with Gasteiger partial charge in [-0.15, -0.1) is 6.58 Å². The van der Waals surface area contributed by atoms with Crippen LogP contribution in [0.1, 0.15) is 101 Å². The van der Waals surface area contributed by atoms with Gasteiger partial charge in [-0.1, -0.05) is 71.3 Å². The van der Waals surface area contributed by atoms with Crippen molar-refractivity contribution in [3.8, 4) is 17.2 Å². The van der Waals surface area contributed by atoms with Gasteiger partial charge < -0.3 is 14.2 Å². The molecule has 2 aromatic rings. The second-order valence-electron chi connectivity index (χ2n) is 9.64. The minimum absolute atomic E-state index is 0.381. The van der Waals surface area contributed by atoms with Crippen LogP contribution in [0.4, 0.5) is 0 Å². The molecule has 0 N–H and O–H groups in total. The maximum absolute atomic E-state index is 12.5. The van der Waals surface area contributed by atoms with E-state index in [1.807, 2.05) is 30.3 Å². The molecule has 0 aromatic heterocycles. The lowest BCUT2D eigenvalue weighted by atomic mass is 10.0. The number of esters is 1. The van der Waals surface area contributed by atoms with Gasteiger partial charge in [0.15, 0.2) is 0 Å². The summed E-state index contributed by atoms with van der Waals surface area (Å²) in [4.78, 5) is 12.5. The highest BCUT2D eigenvalue weighted by atomic mass is 16.5. The zero-order valence-corrected chi connectivity index (χ0v) is 22.5. The van der Waals surface area contributed by atoms with Gasteiger partial charge in [0.05, 0.1) is 18.8 Å². The second-order valence-corrected chi connectivity index (χ2v) is 9.64. The quantitative estimate of drug-likeness (QED) is 0.0796. The fraction of sp³-hybridized carbons (Fsp3) is 0.531. The number of ether oxygens (including phenoxy) is 3. The van der Waals surface area contributed by atoms with Crippen LogP contribution in [0.15, 0.2) is 61.2 Å². The summed E-state index contributed by atoms with van der Waals surface area (Å²) in [6.07, 6.45) is 16.5. The van der Waals surface area contributed by atoms with Gasteiger partial charge in [-0.3, -0.25) is 0 Å².